The number of dihydropyridines is 1. The Bertz CT molecular complexity index is 1120. The predicted molar refractivity (Wildman–Crippen MR) is 103 cm³/mol. The zero-order valence-electron chi connectivity index (χ0n) is 15.4. The molecule has 1 N–H and O–H groups in total. The van der Waals surface area contributed by atoms with Crippen LogP contribution in [0.2, 0.25) is 0 Å². The second-order valence-corrected chi connectivity index (χ2v) is 8.47. The molecule has 2 aliphatic heterocycles. The molecule has 7 heteroatoms. The van der Waals surface area contributed by atoms with E-state index >= 15 is 0 Å². The summed E-state index contributed by atoms with van der Waals surface area (Å²) in [4.78, 5) is 12.8. The maximum absolute atomic E-state index is 13.7. The van der Waals surface area contributed by atoms with E-state index in [9.17, 15) is 13.2 Å². The number of benzene rings is 2. The minimum Gasteiger partial charge on any atom is -0.486 e. The Morgan fingerprint density at radius 3 is 2.50 bits per heavy atom. The Kier molecular flexibility index (Phi) is 4.47. The fourth-order valence-electron chi connectivity index (χ4n) is 3.71. The van der Waals surface area contributed by atoms with E-state index in [0.717, 1.165) is 0 Å². The molecule has 2 heterocycles. The van der Waals surface area contributed by atoms with Crippen molar-refractivity contribution in [1.29, 1.82) is 0 Å². The number of allylic oxidation sites excluding steroid dienone is 2. The molecule has 0 amide bonds. The van der Waals surface area contributed by atoms with Crippen molar-refractivity contribution in [1.82, 2.24) is 5.32 Å². The normalized spacial score (nSPS) is 20.3. The SMILES string of the molecule is COC(=O)C1=C(C)NC2=C(C1c1ccccc1)S(=O)(=O)c1ccccc1OC2. The fourth-order valence-corrected chi connectivity index (χ4v) is 5.59. The summed E-state index contributed by atoms with van der Waals surface area (Å²) in [6.07, 6.45) is 0. The number of sulfone groups is 1. The van der Waals surface area contributed by atoms with Crippen molar-refractivity contribution < 1.29 is 22.7 Å². The van der Waals surface area contributed by atoms with Crippen molar-refractivity contribution in [2.75, 3.05) is 13.7 Å². The summed E-state index contributed by atoms with van der Waals surface area (Å²) >= 11 is 0. The standard InChI is InChI=1S/C21H19NO5S/c1-13-18(21(23)26-2)19(14-8-4-3-5-9-14)20-15(22-13)12-27-16-10-6-7-11-17(16)28(20,24)25/h3-11,19,22H,12H2,1-2H3. The second kappa shape index (κ2) is 6.83. The van der Waals surface area contributed by atoms with Crippen molar-refractivity contribution in [3.63, 3.8) is 0 Å². The molecule has 6 nitrogen and oxygen atoms in total. The lowest BCUT2D eigenvalue weighted by atomic mass is 9.86. The number of carbonyl (C=O) groups excluding carboxylic acids is 1. The van der Waals surface area contributed by atoms with Gasteiger partial charge in [-0.25, -0.2) is 13.2 Å². The van der Waals surface area contributed by atoms with Gasteiger partial charge in [-0.2, -0.15) is 0 Å². The second-order valence-electron chi connectivity index (χ2n) is 6.58. The number of para-hydroxylation sites is 1. The van der Waals surface area contributed by atoms with Gasteiger partial charge in [0.25, 0.3) is 0 Å². The van der Waals surface area contributed by atoms with Crippen LogP contribution in [0.5, 0.6) is 5.75 Å². The molecule has 0 saturated heterocycles. The molecule has 0 spiro atoms. The van der Waals surface area contributed by atoms with E-state index in [1.807, 2.05) is 30.3 Å². The van der Waals surface area contributed by atoms with E-state index in [0.29, 0.717) is 22.7 Å². The number of hydrogen-bond acceptors (Lipinski definition) is 6. The Hall–Kier alpha value is -3.06. The van der Waals surface area contributed by atoms with Crippen LogP contribution < -0.4 is 10.1 Å². The van der Waals surface area contributed by atoms with Crippen LogP contribution >= 0.6 is 0 Å². The first-order valence-corrected chi connectivity index (χ1v) is 10.2. The number of methoxy groups -OCH3 is 1. The van der Waals surface area contributed by atoms with Gasteiger partial charge in [0.1, 0.15) is 17.3 Å². The first-order chi connectivity index (χ1) is 13.4. The molecule has 0 bridgehead atoms. The van der Waals surface area contributed by atoms with E-state index in [-0.39, 0.29) is 22.0 Å². The number of hydrogen-bond donors (Lipinski definition) is 1. The van der Waals surface area contributed by atoms with Crippen molar-refractivity contribution in [2.45, 2.75) is 17.7 Å². The van der Waals surface area contributed by atoms with Crippen LogP contribution in [0.15, 0.2) is 81.4 Å². The number of nitrogens with one attached hydrogen (secondary N) is 1. The molecule has 2 aromatic carbocycles. The minimum atomic E-state index is -3.92. The van der Waals surface area contributed by atoms with Crippen LogP contribution in [-0.2, 0) is 19.4 Å². The summed E-state index contributed by atoms with van der Waals surface area (Å²) in [5.74, 6) is -1.06. The molecule has 1 unspecified atom stereocenters. The largest absolute Gasteiger partial charge is 0.486 e. The van der Waals surface area contributed by atoms with Gasteiger partial charge in [-0.3, -0.25) is 0 Å². The summed E-state index contributed by atoms with van der Waals surface area (Å²) in [5.41, 5.74) is 1.94. The van der Waals surface area contributed by atoms with E-state index in [2.05, 4.69) is 5.32 Å². The van der Waals surface area contributed by atoms with Crippen molar-refractivity contribution in [3.05, 3.63) is 82.0 Å². The molecule has 2 aromatic rings. The highest BCUT2D eigenvalue weighted by molar-refractivity contribution is 7.95. The van der Waals surface area contributed by atoms with Gasteiger partial charge < -0.3 is 14.8 Å². The molecule has 0 fully saturated rings. The number of ether oxygens (including phenoxy) is 2. The third-order valence-electron chi connectivity index (χ3n) is 4.93. The lowest BCUT2D eigenvalue weighted by Crippen LogP contribution is -2.33. The van der Waals surface area contributed by atoms with E-state index in [1.54, 1.807) is 25.1 Å². The number of carbonyl (C=O) groups is 1. The topological polar surface area (TPSA) is 81.7 Å². The first-order valence-electron chi connectivity index (χ1n) is 8.76. The Morgan fingerprint density at radius 1 is 1.11 bits per heavy atom. The van der Waals surface area contributed by atoms with Crippen LogP contribution in [0.25, 0.3) is 0 Å². The van der Waals surface area contributed by atoms with Gasteiger partial charge in [0.2, 0.25) is 9.84 Å². The molecule has 2 aliphatic rings. The smallest absolute Gasteiger partial charge is 0.336 e. The fraction of sp³-hybridized carbons (Fsp3) is 0.190. The number of esters is 1. The van der Waals surface area contributed by atoms with Gasteiger partial charge in [-0.15, -0.1) is 0 Å². The Labute approximate surface area is 163 Å². The van der Waals surface area contributed by atoms with Crippen molar-refractivity contribution in [2.24, 2.45) is 0 Å². The molecular formula is C21H19NO5S. The van der Waals surface area contributed by atoms with Gasteiger partial charge in [0.05, 0.1) is 29.2 Å². The molecular weight excluding hydrogens is 378 g/mol. The minimum absolute atomic E-state index is 0.0563. The third kappa shape index (κ3) is 2.79. The Morgan fingerprint density at radius 2 is 1.79 bits per heavy atom. The molecule has 0 saturated carbocycles. The molecule has 0 aliphatic carbocycles. The van der Waals surface area contributed by atoms with Crippen LogP contribution in [0, 0.1) is 0 Å². The lowest BCUT2D eigenvalue weighted by molar-refractivity contribution is -0.136. The average molecular weight is 397 g/mol. The van der Waals surface area contributed by atoms with Crippen LogP contribution in [-0.4, -0.2) is 28.1 Å². The maximum Gasteiger partial charge on any atom is 0.336 e. The Balaban J connectivity index is 2.01. The highest BCUT2D eigenvalue weighted by atomic mass is 32.2. The summed E-state index contributed by atoms with van der Waals surface area (Å²) in [7, 11) is -2.64. The highest BCUT2D eigenvalue weighted by Gasteiger charge is 2.43. The van der Waals surface area contributed by atoms with E-state index in [4.69, 9.17) is 9.47 Å². The monoisotopic (exact) mass is 397 g/mol. The average Bonchev–Trinajstić information content (AvgIpc) is 2.82. The molecule has 4 rings (SSSR count). The maximum atomic E-state index is 13.7. The van der Waals surface area contributed by atoms with Crippen LogP contribution in [0.4, 0.5) is 0 Å². The summed E-state index contributed by atoms with van der Waals surface area (Å²) in [6.45, 7) is 1.79. The quantitative estimate of drug-likeness (QED) is 0.785. The molecule has 0 aromatic heterocycles. The molecule has 144 valence electrons. The van der Waals surface area contributed by atoms with Crippen molar-refractivity contribution >= 4 is 15.8 Å². The van der Waals surface area contributed by atoms with Gasteiger partial charge in [0, 0.05) is 5.70 Å². The van der Waals surface area contributed by atoms with Crippen LogP contribution in [0.3, 0.4) is 0 Å². The first kappa shape index (κ1) is 18.3. The van der Waals surface area contributed by atoms with Gasteiger partial charge >= 0.3 is 5.97 Å². The van der Waals surface area contributed by atoms with E-state index < -0.39 is 21.7 Å². The van der Waals surface area contributed by atoms with Crippen molar-refractivity contribution in [3.8, 4) is 5.75 Å². The van der Waals surface area contributed by atoms with E-state index in [1.165, 1.54) is 13.2 Å². The zero-order valence-corrected chi connectivity index (χ0v) is 16.2. The van der Waals surface area contributed by atoms with Gasteiger partial charge in [-0.05, 0) is 24.6 Å². The van der Waals surface area contributed by atoms with Crippen LogP contribution in [0.1, 0.15) is 18.4 Å². The highest BCUT2D eigenvalue weighted by Crippen LogP contribution is 2.46. The molecule has 0 radical (unpaired) electrons. The van der Waals surface area contributed by atoms with Gasteiger partial charge in [0.15, 0.2) is 0 Å². The lowest BCUT2D eigenvalue weighted by Gasteiger charge is -2.30. The number of rotatable bonds is 2. The summed E-state index contributed by atoms with van der Waals surface area (Å²) in [6, 6.07) is 15.6. The molecule has 28 heavy (non-hydrogen) atoms. The number of fused-ring (bicyclic) bond motifs is 1. The van der Waals surface area contributed by atoms with Gasteiger partial charge in [-0.1, -0.05) is 42.5 Å². The zero-order chi connectivity index (χ0) is 19.9. The summed E-state index contributed by atoms with van der Waals surface area (Å²) < 4.78 is 38.1. The predicted octanol–water partition coefficient (Wildman–Crippen LogP) is 2.90. The summed E-state index contributed by atoms with van der Waals surface area (Å²) in [5, 5.41) is 3.07. The molecule has 1 atom stereocenters. The third-order valence-corrected chi connectivity index (χ3v) is 6.91.